The van der Waals surface area contributed by atoms with E-state index in [-0.39, 0.29) is 16.5 Å². The Balaban J connectivity index is 2.23. The monoisotopic (exact) mass is 300 g/mol. The van der Waals surface area contributed by atoms with E-state index in [2.05, 4.69) is 9.71 Å². The van der Waals surface area contributed by atoms with Gasteiger partial charge in [0.15, 0.2) is 0 Å². The molecule has 0 aliphatic rings. The molecule has 0 fully saturated rings. The van der Waals surface area contributed by atoms with Gasteiger partial charge in [0.05, 0.1) is 11.6 Å². The predicted octanol–water partition coefficient (Wildman–Crippen LogP) is 1.13. The Bertz CT molecular complexity index is 696. The van der Waals surface area contributed by atoms with Crippen molar-refractivity contribution < 1.29 is 8.42 Å². The van der Waals surface area contributed by atoms with E-state index in [1.807, 2.05) is 0 Å². The fourth-order valence-corrected chi connectivity index (χ4v) is 3.04. The highest BCUT2D eigenvalue weighted by Gasteiger charge is 2.18. The van der Waals surface area contributed by atoms with Crippen molar-refractivity contribution in [2.75, 3.05) is 5.73 Å². The molecule has 0 aliphatic heterocycles. The minimum absolute atomic E-state index is 0.0385. The molecule has 0 bridgehead atoms. The number of aromatic nitrogens is 2. The second-order valence-electron chi connectivity index (χ2n) is 3.97. The van der Waals surface area contributed by atoms with Gasteiger partial charge in [0.1, 0.15) is 10.7 Å². The van der Waals surface area contributed by atoms with Gasteiger partial charge in [-0.3, -0.25) is 0 Å². The first-order valence-corrected chi connectivity index (χ1v) is 7.27. The van der Waals surface area contributed by atoms with Crippen molar-refractivity contribution in [3.63, 3.8) is 0 Å². The van der Waals surface area contributed by atoms with Crippen LogP contribution in [-0.2, 0) is 23.6 Å². The summed E-state index contributed by atoms with van der Waals surface area (Å²) >= 11 is 5.88. The van der Waals surface area contributed by atoms with Crippen LogP contribution in [0.4, 0.5) is 5.69 Å². The molecule has 3 N–H and O–H groups in total. The Morgan fingerprint density at radius 3 is 2.84 bits per heavy atom. The van der Waals surface area contributed by atoms with Crippen LogP contribution >= 0.6 is 11.6 Å². The lowest BCUT2D eigenvalue weighted by molar-refractivity contribution is 0.577. The summed E-state index contributed by atoms with van der Waals surface area (Å²) in [5.41, 5.74) is 5.91. The second kappa shape index (κ2) is 5.20. The molecule has 0 amide bonds. The minimum Gasteiger partial charge on any atom is -0.399 e. The molecule has 0 aliphatic carbocycles. The number of nitrogens with one attached hydrogen (secondary N) is 1. The lowest BCUT2D eigenvalue weighted by atomic mass is 10.3. The van der Waals surface area contributed by atoms with Gasteiger partial charge in [-0.05, 0) is 18.2 Å². The van der Waals surface area contributed by atoms with E-state index < -0.39 is 10.0 Å². The highest BCUT2D eigenvalue weighted by atomic mass is 35.5. The molecule has 102 valence electrons. The van der Waals surface area contributed by atoms with Crippen molar-refractivity contribution in [2.45, 2.75) is 11.4 Å². The largest absolute Gasteiger partial charge is 0.399 e. The third kappa shape index (κ3) is 3.06. The van der Waals surface area contributed by atoms with Crippen LogP contribution in [0.25, 0.3) is 0 Å². The fourth-order valence-electron chi connectivity index (χ4n) is 1.53. The molecule has 8 heteroatoms. The molecule has 0 saturated heterocycles. The summed E-state index contributed by atoms with van der Waals surface area (Å²) in [6.45, 7) is 0.0803. The molecule has 2 rings (SSSR count). The van der Waals surface area contributed by atoms with Crippen molar-refractivity contribution in [2.24, 2.45) is 7.05 Å². The highest BCUT2D eigenvalue weighted by Crippen LogP contribution is 2.23. The quantitative estimate of drug-likeness (QED) is 0.828. The van der Waals surface area contributed by atoms with Gasteiger partial charge in [0, 0.05) is 25.1 Å². The van der Waals surface area contributed by atoms with Gasteiger partial charge in [0.2, 0.25) is 10.0 Å². The standard InChI is InChI=1S/C11H13ClN4O2S/c1-16-5-4-14-11(16)7-15-19(17,18)10-6-8(13)2-3-9(10)12/h2-6,15H,7,13H2,1H3. The lowest BCUT2D eigenvalue weighted by Gasteiger charge is -2.09. The Kier molecular flexibility index (Phi) is 3.79. The number of benzene rings is 1. The first-order valence-electron chi connectivity index (χ1n) is 5.41. The topological polar surface area (TPSA) is 90.0 Å². The number of anilines is 1. The summed E-state index contributed by atoms with van der Waals surface area (Å²) in [5.74, 6) is 0.601. The molecule has 1 aromatic heterocycles. The summed E-state index contributed by atoms with van der Waals surface area (Å²) in [6, 6.07) is 4.31. The molecule has 0 atom stereocenters. The zero-order chi connectivity index (χ0) is 14.0. The van der Waals surface area contributed by atoms with Crippen LogP contribution in [0.3, 0.4) is 0 Å². The van der Waals surface area contributed by atoms with E-state index in [1.165, 1.54) is 12.1 Å². The molecule has 1 heterocycles. The minimum atomic E-state index is -3.72. The van der Waals surface area contributed by atoms with E-state index in [0.29, 0.717) is 11.5 Å². The zero-order valence-corrected chi connectivity index (χ0v) is 11.7. The summed E-state index contributed by atoms with van der Waals surface area (Å²) in [6.07, 6.45) is 3.33. The van der Waals surface area contributed by atoms with Gasteiger partial charge >= 0.3 is 0 Å². The van der Waals surface area contributed by atoms with Crippen molar-refractivity contribution in [1.82, 2.24) is 14.3 Å². The number of nitrogens with two attached hydrogens (primary N) is 1. The smallest absolute Gasteiger partial charge is 0.242 e. The van der Waals surface area contributed by atoms with Crippen LogP contribution in [0, 0.1) is 0 Å². The average molecular weight is 301 g/mol. The maximum absolute atomic E-state index is 12.1. The number of imidazole rings is 1. The van der Waals surface area contributed by atoms with Gasteiger partial charge in [0.25, 0.3) is 0 Å². The first kappa shape index (κ1) is 13.9. The number of rotatable bonds is 4. The molecule has 1 aromatic carbocycles. The van der Waals surface area contributed by atoms with Crippen LogP contribution in [0.1, 0.15) is 5.82 Å². The van der Waals surface area contributed by atoms with Crippen molar-refractivity contribution in [1.29, 1.82) is 0 Å². The molecule has 0 unspecified atom stereocenters. The Morgan fingerprint density at radius 1 is 1.47 bits per heavy atom. The maximum Gasteiger partial charge on any atom is 0.242 e. The third-order valence-electron chi connectivity index (χ3n) is 2.59. The molecule has 19 heavy (non-hydrogen) atoms. The van der Waals surface area contributed by atoms with Crippen LogP contribution in [0.15, 0.2) is 35.5 Å². The number of nitrogens with zero attached hydrogens (tertiary/aromatic N) is 2. The van der Waals surface area contributed by atoms with Gasteiger partial charge in [-0.25, -0.2) is 18.1 Å². The van der Waals surface area contributed by atoms with Crippen LogP contribution in [0.2, 0.25) is 5.02 Å². The van der Waals surface area contributed by atoms with Gasteiger partial charge in [-0.15, -0.1) is 0 Å². The fraction of sp³-hybridized carbons (Fsp3) is 0.182. The van der Waals surface area contributed by atoms with Crippen LogP contribution in [0.5, 0.6) is 0 Å². The normalized spacial score (nSPS) is 11.7. The van der Waals surface area contributed by atoms with Crippen LogP contribution in [-0.4, -0.2) is 18.0 Å². The number of hydrogen-bond acceptors (Lipinski definition) is 4. The first-order chi connectivity index (χ1) is 8.90. The molecule has 0 spiro atoms. The van der Waals surface area contributed by atoms with E-state index in [9.17, 15) is 8.42 Å². The Morgan fingerprint density at radius 2 is 2.21 bits per heavy atom. The molecule has 0 radical (unpaired) electrons. The van der Waals surface area contributed by atoms with E-state index >= 15 is 0 Å². The number of nitrogen functional groups attached to an aromatic ring is 1. The maximum atomic E-state index is 12.1. The molecule has 6 nitrogen and oxygen atoms in total. The second-order valence-corrected chi connectivity index (χ2v) is 6.11. The van der Waals surface area contributed by atoms with Crippen molar-refractivity contribution >= 4 is 27.3 Å². The van der Waals surface area contributed by atoms with Gasteiger partial charge < -0.3 is 10.3 Å². The molecular weight excluding hydrogens is 288 g/mol. The SMILES string of the molecule is Cn1ccnc1CNS(=O)(=O)c1cc(N)ccc1Cl. The van der Waals surface area contributed by atoms with Gasteiger partial charge in [-0.1, -0.05) is 11.6 Å². The Hall–Kier alpha value is -1.57. The van der Waals surface area contributed by atoms with Crippen LogP contribution < -0.4 is 10.5 Å². The number of aryl methyl sites for hydroxylation is 1. The number of halogens is 1. The van der Waals surface area contributed by atoms with E-state index in [1.54, 1.807) is 30.1 Å². The summed E-state index contributed by atoms with van der Waals surface area (Å²) < 4.78 is 28.4. The van der Waals surface area contributed by atoms with E-state index in [4.69, 9.17) is 17.3 Å². The Labute approximate surface area is 116 Å². The summed E-state index contributed by atoms with van der Waals surface area (Å²) in [4.78, 5) is 3.99. The predicted molar refractivity (Wildman–Crippen MR) is 73.1 cm³/mol. The van der Waals surface area contributed by atoms with Crippen molar-refractivity contribution in [3.8, 4) is 0 Å². The molecule has 0 saturated carbocycles. The van der Waals surface area contributed by atoms with Crippen molar-refractivity contribution in [3.05, 3.63) is 41.4 Å². The number of sulfonamides is 1. The highest BCUT2D eigenvalue weighted by molar-refractivity contribution is 7.89. The summed E-state index contributed by atoms with van der Waals surface area (Å²) in [5, 5.41) is 0.126. The zero-order valence-electron chi connectivity index (χ0n) is 10.2. The average Bonchev–Trinajstić information content (AvgIpc) is 2.75. The van der Waals surface area contributed by atoms with Gasteiger partial charge in [-0.2, -0.15) is 0 Å². The third-order valence-corrected chi connectivity index (χ3v) is 4.47. The van der Waals surface area contributed by atoms with E-state index in [0.717, 1.165) is 0 Å². The summed E-state index contributed by atoms with van der Waals surface area (Å²) in [7, 11) is -1.94. The lowest BCUT2D eigenvalue weighted by Crippen LogP contribution is -2.25. The molecular formula is C11H13ClN4O2S. The molecule has 2 aromatic rings. The number of hydrogen-bond donors (Lipinski definition) is 2.